The lowest BCUT2D eigenvalue weighted by Gasteiger charge is -2.35. The van der Waals surface area contributed by atoms with E-state index in [1.807, 2.05) is 40.7 Å². The van der Waals surface area contributed by atoms with Gasteiger partial charge in [-0.1, -0.05) is 25.1 Å². The molecule has 3 rings (SSSR count). The highest BCUT2D eigenvalue weighted by Gasteiger charge is 2.46. The van der Waals surface area contributed by atoms with E-state index in [1.165, 1.54) is 16.0 Å². The summed E-state index contributed by atoms with van der Waals surface area (Å²) in [5.74, 6) is 0.988. The van der Waals surface area contributed by atoms with Gasteiger partial charge in [0.25, 0.3) is 0 Å². The number of amides is 1. The van der Waals surface area contributed by atoms with Gasteiger partial charge in [0.2, 0.25) is 0 Å². The van der Waals surface area contributed by atoms with Crippen LogP contribution < -0.4 is 0 Å². The predicted molar refractivity (Wildman–Crippen MR) is 110 cm³/mol. The van der Waals surface area contributed by atoms with Gasteiger partial charge >= 0.3 is 6.09 Å². The number of carbonyl (C=O) groups is 1. The number of benzene rings is 1. The zero-order valence-corrected chi connectivity index (χ0v) is 17.9. The highest BCUT2D eigenvalue weighted by atomic mass is 32.2. The Hall–Kier alpha value is -1.66. The molecule has 27 heavy (non-hydrogen) atoms. The lowest BCUT2D eigenvalue weighted by molar-refractivity contribution is -0.0624. The maximum atomic E-state index is 12.9. The van der Waals surface area contributed by atoms with E-state index < -0.39 is 11.3 Å². The largest absolute Gasteiger partial charge is 0.444 e. The third-order valence-electron chi connectivity index (χ3n) is 4.67. The first-order valence-electron chi connectivity index (χ1n) is 9.51. The van der Waals surface area contributed by atoms with Crippen molar-refractivity contribution in [1.82, 2.24) is 9.88 Å². The summed E-state index contributed by atoms with van der Waals surface area (Å²) in [5.41, 5.74) is 1.16. The van der Waals surface area contributed by atoms with Gasteiger partial charge in [-0.25, -0.2) is 4.79 Å². The quantitative estimate of drug-likeness (QED) is 0.730. The van der Waals surface area contributed by atoms with E-state index in [1.54, 1.807) is 16.7 Å². The summed E-state index contributed by atoms with van der Waals surface area (Å²) in [6.07, 6.45) is 0.411. The van der Waals surface area contributed by atoms with Crippen molar-refractivity contribution in [1.29, 1.82) is 0 Å². The van der Waals surface area contributed by atoms with E-state index in [-0.39, 0.29) is 12.1 Å². The summed E-state index contributed by atoms with van der Waals surface area (Å²) in [7, 11) is 0. The number of nitrogens with zero attached hydrogens (tertiary/aromatic N) is 1. The second kappa shape index (κ2) is 7.40. The minimum atomic E-state index is -0.683. The molecule has 148 valence electrons. The maximum Gasteiger partial charge on any atom is 0.412 e. The molecule has 0 aliphatic carbocycles. The molecule has 1 aliphatic heterocycles. The lowest BCUT2D eigenvalue weighted by Crippen LogP contribution is -2.50. The summed E-state index contributed by atoms with van der Waals surface area (Å²) in [6, 6.07) is 8.27. The number of para-hydroxylation sites is 1. The average Bonchev–Trinajstić information content (AvgIpc) is 3.04. The van der Waals surface area contributed by atoms with Crippen molar-refractivity contribution >= 4 is 28.8 Å². The fourth-order valence-corrected chi connectivity index (χ4v) is 4.43. The Morgan fingerprint density at radius 3 is 2.74 bits per heavy atom. The van der Waals surface area contributed by atoms with E-state index in [0.29, 0.717) is 6.61 Å². The van der Waals surface area contributed by atoms with Gasteiger partial charge in [-0.3, -0.25) is 4.90 Å². The average molecular weight is 391 g/mol. The second-order valence-corrected chi connectivity index (χ2v) is 9.65. The molecular weight excluding hydrogens is 360 g/mol. The van der Waals surface area contributed by atoms with E-state index >= 15 is 0 Å². The number of hydrogen-bond acceptors (Lipinski definition) is 4. The Bertz CT molecular complexity index is 822. The molecule has 1 aromatic heterocycles. The van der Waals surface area contributed by atoms with Crippen LogP contribution in [-0.4, -0.2) is 45.7 Å². The van der Waals surface area contributed by atoms with Crippen molar-refractivity contribution in [2.45, 2.75) is 70.4 Å². The summed E-state index contributed by atoms with van der Waals surface area (Å²) >= 11 is 1.80. The fraction of sp³-hybridized carbons (Fsp3) is 0.571. The monoisotopic (exact) mass is 390 g/mol. The molecular formula is C21H30N2O3S. The molecule has 1 N–H and O–H groups in total. The first kappa shape index (κ1) is 20.1. The van der Waals surface area contributed by atoms with Crippen molar-refractivity contribution in [2.24, 2.45) is 0 Å². The molecule has 0 unspecified atom stereocenters. The minimum absolute atomic E-state index is 0.0646. The van der Waals surface area contributed by atoms with Gasteiger partial charge in [0.15, 0.2) is 0 Å². The van der Waals surface area contributed by atoms with Crippen LogP contribution in [0, 0.1) is 0 Å². The van der Waals surface area contributed by atoms with E-state index in [9.17, 15) is 4.79 Å². The molecule has 6 heteroatoms. The SMILES string of the molecule is CCSc1[nH]c2ccccc2c1C[C@@H]1COC(C)(C)N1C(=O)OC(C)(C)C. The van der Waals surface area contributed by atoms with Gasteiger partial charge in [-0.2, -0.15) is 0 Å². The zero-order valence-electron chi connectivity index (χ0n) is 17.1. The second-order valence-electron chi connectivity index (χ2n) is 8.38. The number of aromatic nitrogens is 1. The normalized spacial score (nSPS) is 19.6. The molecule has 1 atom stereocenters. The third kappa shape index (κ3) is 4.27. The Kier molecular flexibility index (Phi) is 5.50. The van der Waals surface area contributed by atoms with Gasteiger partial charge in [0.05, 0.1) is 17.7 Å². The van der Waals surface area contributed by atoms with Gasteiger partial charge in [-0.05, 0) is 58.4 Å². The molecule has 0 bridgehead atoms. The van der Waals surface area contributed by atoms with Crippen LogP contribution in [0.5, 0.6) is 0 Å². The summed E-state index contributed by atoms with van der Waals surface area (Å²) in [4.78, 5) is 18.2. The number of nitrogens with one attached hydrogen (secondary N) is 1. The molecule has 1 amide bonds. The Balaban J connectivity index is 1.93. The van der Waals surface area contributed by atoms with E-state index in [4.69, 9.17) is 9.47 Å². The zero-order chi connectivity index (χ0) is 19.8. The molecule has 5 nitrogen and oxygen atoms in total. The van der Waals surface area contributed by atoms with Crippen LogP contribution in [0.4, 0.5) is 4.79 Å². The van der Waals surface area contributed by atoms with Crippen LogP contribution in [-0.2, 0) is 15.9 Å². The van der Waals surface area contributed by atoms with Crippen LogP contribution in [0.1, 0.15) is 47.1 Å². The van der Waals surface area contributed by atoms with Gasteiger partial charge < -0.3 is 14.5 Å². The van der Waals surface area contributed by atoms with Crippen LogP contribution >= 0.6 is 11.8 Å². The number of fused-ring (bicyclic) bond motifs is 1. The number of H-pyrrole nitrogens is 1. The van der Waals surface area contributed by atoms with Crippen molar-refractivity contribution in [3.05, 3.63) is 29.8 Å². The molecule has 2 aromatic rings. The number of aromatic amines is 1. The van der Waals surface area contributed by atoms with Gasteiger partial charge in [-0.15, -0.1) is 11.8 Å². The first-order chi connectivity index (χ1) is 12.6. The summed E-state index contributed by atoms with van der Waals surface area (Å²) < 4.78 is 11.6. The highest BCUT2D eigenvalue weighted by Crippen LogP contribution is 2.36. The summed E-state index contributed by atoms with van der Waals surface area (Å²) in [5, 5.41) is 2.38. The first-order valence-corrected chi connectivity index (χ1v) is 10.5. The predicted octanol–water partition coefficient (Wildman–Crippen LogP) is 5.19. The Labute approximate surface area is 165 Å². The molecule has 0 saturated carbocycles. The van der Waals surface area contributed by atoms with Crippen molar-refractivity contribution in [2.75, 3.05) is 12.4 Å². The molecule has 0 radical (unpaired) electrons. The van der Waals surface area contributed by atoms with Crippen molar-refractivity contribution in [3.63, 3.8) is 0 Å². The molecule has 1 aliphatic rings. The van der Waals surface area contributed by atoms with Crippen molar-refractivity contribution in [3.8, 4) is 0 Å². The highest BCUT2D eigenvalue weighted by molar-refractivity contribution is 7.99. The van der Waals surface area contributed by atoms with Gasteiger partial charge in [0.1, 0.15) is 11.3 Å². The Morgan fingerprint density at radius 1 is 1.37 bits per heavy atom. The molecule has 1 aromatic carbocycles. The summed E-state index contributed by atoms with van der Waals surface area (Å²) in [6.45, 7) is 12.2. The smallest absolute Gasteiger partial charge is 0.412 e. The van der Waals surface area contributed by atoms with E-state index in [0.717, 1.165) is 17.7 Å². The molecule has 1 saturated heterocycles. The maximum absolute atomic E-state index is 12.9. The number of ether oxygens (including phenoxy) is 2. The van der Waals surface area contributed by atoms with E-state index in [2.05, 4.69) is 30.1 Å². The van der Waals surface area contributed by atoms with Gasteiger partial charge in [0, 0.05) is 10.9 Å². The third-order valence-corrected chi connectivity index (χ3v) is 5.59. The number of thioether (sulfide) groups is 1. The van der Waals surface area contributed by atoms with Crippen LogP contribution in [0.25, 0.3) is 10.9 Å². The molecule has 2 heterocycles. The number of hydrogen-bond donors (Lipinski definition) is 1. The number of rotatable bonds is 4. The fourth-order valence-electron chi connectivity index (χ4n) is 3.60. The Morgan fingerprint density at radius 2 is 2.07 bits per heavy atom. The van der Waals surface area contributed by atoms with Crippen LogP contribution in [0.15, 0.2) is 29.3 Å². The van der Waals surface area contributed by atoms with Crippen LogP contribution in [0.3, 0.4) is 0 Å². The van der Waals surface area contributed by atoms with Crippen LogP contribution in [0.2, 0.25) is 0 Å². The number of carbonyl (C=O) groups excluding carboxylic acids is 1. The topological polar surface area (TPSA) is 54.6 Å². The van der Waals surface area contributed by atoms with Crippen molar-refractivity contribution < 1.29 is 14.3 Å². The molecule has 0 spiro atoms. The minimum Gasteiger partial charge on any atom is -0.444 e. The standard InChI is InChI=1S/C21H30N2O3S/c1-7-27-18-16(15-10-8-9-11-17(15)22-18)12-14-13-25-21(5,6)23(14)19(24)26-20(2,3)4/h8-11,14,22H,7,12-13H2,1-6H3/t14-/m1/s1. The molecule has 1 fully saturated rings. The lowest BCUT2D eigenvalue weighted by atomic mass is 10.0.